The summed E-state index contributed by atoms with van der Waals surface area (Å²) < 4.78 is 5.28. The Morgan fingerprint density at radius 2 is 2.00 bits per heavy atom. The molecule has 0 aromatic heterocycles. The van der Waals surface area contributed by atoms with Crippen LogP contribution in [-0.2, 0) is 9.53 Å². The number of carbonyl (C=O) groups is 1. The lowest BCUT2D eigenvalue weighted by Crippen LogP contribution is -2.24. The summed E-state index contributed by atoms with van der Waals surface area (Å²) in [6, 6.07) is 0. The molecular formula is C10H18O2. The average molecular weight is 170 g/mol. The number of allylic oxidation sites excluding steroid dienone is 1. The number of Topliss-reactive ketones (excluding diaryl/α,β-unsaturated/α-hetero) is 1. The van der Waals surface area contributed by atoms with E-state index in [2.05, 4.69) is 0 Å². The Labute approximate surface area is 74.6 Å². The molecule has 0 rings (SSSR count). The Bertz CT molecular complexity index is 188. The largest absolute Gasteiger partial charge is 0.374 e. The first kappa shape index (κ1) is 11.4. The summed E-state index contributed by atoms with van der Waals surface area (Å²) in [4.78, 5) is 10.9. The zero-order valence-corrected chi connectivity index (χ0v) is 8.60. The minimum atomic E-state index is -0.296. The van der Waals surface area contributed by atoms with Crippen LogP contribution in [0.25, 0.3) is 0 Å². The zero-order chi connectivity index (χ0) is 9.78. The molecule has 0 N–H and O–H groups in total. The fraction of sp³-hybridized carbons (Fsp3) is 0.700. The monoisotopic (exact) mass is 170 g/mol. The zero-order valence-electron chi connectivity index (χ0n) is 8.60. The molecule has 2 heteroatoms. The third-order valence-corrected chi connectivity index (χ3v) is 2.25. The molecule has 0 fully saturated rings. The van der Waals surface area contributed by atoms with Crippen molar-refractivity contribution in [3.05, 3.63) is 11.6 Å². The van der Waals surface area contributed by atoms with Gasteiger partial charge in [0.25, 0.3) is 0 Å². The van der Waals surface area contributed by atoms with Gasteiger partial charge in [0, 0.05) is 7.11 Å². The van der Waals surface area contributed by atoms with Crippen LogP contribution in [0.4, 0.5) is 0 Å². The van der Waals surface area contributed by atoms with Gasteiger partial charge in [-0.2, -0.15) is 0 Å². The van der Waals surface area contributed by atoms with Gasteiger partial charge in [-0.15, -0.1) is 0 Å². The molecule has 0 bridgehead atoms. The maximum absolute atomic E-state index is 10.9. The molecule has 0 aromatic carbocycles. The van der Waals surface area contributed by atoms with Gasteiger partial charge in [-0.25, -0.2) is 0 Å². The molecule has 0 aliphatic carbocycles. The van der Waals surface area contributed by atoms with Crippen LogP contribution < -0.4 is 0 Å². The summed E-state index contributed by atoms with van der Waals surface area (Å²) in [5, 5.41) is 0. The van der Waals surface area contributed by atoms with E-state index in [4.69, 9.17) is 4.74 Å². The van der Waals surface area contributed by atoms with Gasteiger partial charge < -0.3 is 4.74 Å². The predicted molar refractivity (Wildman–Crippen MR) is 50.1 cm³/mol. The third kappa shape index (κ3) is 3.18. The highest BCUT2D eigenvalue weighted by molar-refractivity contribution is 5.92. The van der Waals surface area contributed by atoms with Gasteiger partial charge >= 0.3 is 0 Å². The molecule has 2 nitrogen and oxygen atoms in total. The second kappa shape index (κ2) is 4.41. The molecule has 0 saturated carbocycles. The van der Waals surface area contributed by atoms with Crippen molar-refractivity contribution in [2.45, 2.75) is 39.7 Å². The van der Waals surface area contributed by atoms with Crippen LogP contribution in [0.3, 0.4) is 0 Å². The molecule has 0 spiro atoms. The van der Waals surface area contributed by atoms with E-state index in [9.17, 15) is 4.79 Å². The number of ketones is 1. The molecule has 1 atom stereocenters. The van der Waals surface area contributed by atoms with Crippen molar-refractivity contribution < 1.29 is 9.53 Å². The van der Waals surface area contributed by atoms with Crippen LogP contribution in [-0.4, -0.2) is 18.5 Å². The summed E-state index contributed by atoms with van der Waals surface area (Å²) in [5.41, 5.74) is 0.469. The first-order valence-electron chi connectivity index (χ1n) is 4.20. The highest BCUT2D eigenvalue weighted by Gasteiger charge is 2.18. The average Bonchev–Trinajstić information content (AvgIpc) is 2.04. The van der Waals surface area contributed by atoms with Crippen LogP contribution in [0.2, 0.25) is 0 Å². The Morgan fingerprint density at radius 1 is 1.50 bits per heavy atom. The summed E-state index contributed by atoms with van der Waals surface area (Å²) in [6.07, 6.45) is 2.75. The quantitative estimate of drug-likeness (QED) is 0.605. The molecule has 0 radical (unpaired) electrons. The van der Waals surface area contributed by atoms with Crippen LogP contribution >= 0.6 is 0 Å². The van der Waals surface area contributed by atoms with E-state index in [0.717, 1.165) is 12.0 Å². The Morgan fingerprint density at radius 3 is 2.25 bits per heavy atom. The Balaban J connectivity index is 4.57. The van der Waals surface area contributed by atoms with Crippen LogP contribution in [0.1, 0.15) is 34.1 Å². The Hall–Kier alpha value is -0.630. The maximum atomic E-state index is 10.9. The molecule has 0 heterocycles. The molecular weight excluding hydrogens is 152 g/mol. The lowest BCUT2D eigenvalue weighted by Gasteiger charge is -2.23. The fourth-order valence-electron chi connectivity index (χ4n) is 0.865. The minimum Gasteiger partial charge on any atom is -0.374 e. The van der Waals surface area contributed by atoms with E-state index in [-0.39, 0.29) is 11.4 Å². The van der Waals surface area contributed by atoms with Gasteiger partial charge in [0.05, 0.1) is 5.60 Å². The van der Waals surface area contributed by atoms with Crippen LogP contribution in [0.5, 0.6) is 0 Å². The second-order valence-electron chi connectivity index (χ2n) is 3.25. The molecule has 0 aliphatic rings. The highest BCUT2D eigenvalue weighted by atomic mass is 16.5. The predicted octanol–water partition coefficient (Wildman–Crippen LogP) is 2.34. The first-order valence-corrected chi connectivity index (χ1v) is 4.20. The van der Waals surface area contributed by atoms with Gasteiger partial charge in [-0.1, -0.05) is 6.92 Å². The van der Waals surface area contributed by atoms with Gasteiger partial charge in [-0.05, 0) is 38.8 Å². The van der Waals surface area contributed by atoms with Crippen molar-refractivity contribution in [2.24, 2.45) is 0 Å². The molecule has 70 valence electrons. The van der Waals surface area contributed by atoms with Gasteiger partial charge in [-0.3, -0.25) is 4.79 Å². The fourth-order valence-corrected chi connectivity index (χ4v) is 0.865. The van der Waals surface area contributed by atoms with Crippen molar-refractivity contribution in [2.75, 3.05) is 7.11 Å². The summed E-state index contributed by atoms with van der Waals surface area (Å²) in [5.74, 6) is 0.103. The normalized spacial score (nSPS) is 17.2. The Kier molecular flexibility index (Phi) is 4.18. The molecule has 0 aliphatic heterocycles. The SMILES string of the molecule is CCC(C)(/C=C(\C)C(C)=O)OC. The first-order chi connectivity index (χ1) is 5.45. The van der Waals surface area contributed by atoms with Crippen LogP contribution in [0, 0.1) is 0 Å². The number of hydrogen-bond donors (Lipinski definition) is 0. The summed E-state index contributed by atoms with van der Waals surface area (Å²) in [6.45, 7) is 7.39. The van der Waals surface area contributed by atoms with Crippen molar-refractivity contribution in [3.63, 3.8) is 0 Å². The number of methoxy groups -OCH3 is 1. The van der Waals surface area contributed by atoms with Crippen LogP contribution in [0.15, 0.2) is 11.6 Å². The number of hydrogen-bond acceptors (Lipinski definition) is 2. The summed E-state index contributed by atoms with van der Waals surface area (Å²) >= 11 is 0. The molecule has 12 heavy (non-hydrogen) atoms. The van der Waals surface area contributed by atoms with E-state index in [1.165, 1.54) is 0 Å². The lowest BCUT2D eigenvalue weighted by molar-refractivity contribution is -0.113. The molecule has 1 unspecified atom stereocenters. The smallest absolute Gasteiger partial charge is 0.155 e. The summed E-state index contributed by atoms with van der Waals surface area (Å²) in [7, 11) is 1.66. The second-order valence-corrected chi connectivity index (χ2v) is 3.25. The maximum Gasteiger partial charge on any atom is 0.155 e. The van der Waals surface area contributed by atoms with Crippen molar-refractivity contribution >= 4 is 5.78 Å². The lowest BCUT2D eigenvalue weighted by atomic mass is 9.99. The minimum absolute atomic E-state index is 0.103. The topological polar surface area (TPSA) is 26.3 Å². The van der Waals surface area contributed by atoms with Crippen molar-refractivity contribution in [3.8, 4) is 0 Å². The van der Waals surface area contributed by atoms with E-state index < -0.39 is 0 Å². The number of ether oxygens (including phenoxy) is 1. The van der Waals surface area contributed by atoms with Crippen molar-refractivity contribution in [1.82, 2.24) is 0 Å². The van der Waals surface area contributed by atoms with E-state index >= 15 is 0 Å². The van der Waals surface area contributed by atoms with Gasteiger partial charge in [0.15, 0.2) is 5.78 Å². The molecule has 0 saturated heterocycles. The molecule has 0 amide bonds. The standard InChI is InChI=1S/C10H18O2/c1-6-10(4,12-5)7-8(2)9(3)11/h7H,6H2,1-5H3/b8-7+. The highest BCUT2D eigenvalue weighted by Crippen LogP contribution is 2.17. The van der Waals surface area contributed by atoms with Gasteiger partial charge in [0.2, 0.25) is 0 Å². The molecule has 0 aromatic rings. The number of rotatable bonds is 4. The van der Waals surface area contributed by atoms with E-state index in [1.807, 2.05) is 26.8 Å². The van der Waals surface area contributed by atoms with Gasteiger partial charge in [0.1, 0.15) is 0 Å². The number of carbonyl (C=O) groups excluding carboxylic acids is 1. The third-order valence-electron chi connectivity index (χ3n) is 2.25. The van der Waals surface area contributed by atoms with E-state index in [1.54, 1.807) is 14.0 Å². The van der Waals surface area contributed by atoms with E-state index in [0.29, 0.717) is 0 Å². The van der Waals surface area contributed by atoms with Crippen molar-refractivity contribution in [1.29, 1.82) is 0 Å².